The van der Waals surface area contributed by atoms with Crippen LogP contribution in [0.5, 0.6) is 0 Å². The number of nitrogens with one attached hydrogen (secondary N) is 2. The van der Waals surface area contributed by atoms with Crippen molar-refractivity contribution in [1.82, 2.24) is 78.2 Å². The normalized spacial score (nSPS) is 13.6. The number of carbonyl (C=O) groups excluding carboxylic acids is 3. The Labute approximate surface area is 482 Å². The van der Waals surface area contributed by atoms with Crippen molar-refractivity contribution in [3.63, 3.8) is 0 Å². The summed E-state index contributed by atoms with van der Waals surface area (Å²) in [6, 6.07) is 6.57. The molecule has 0 saturated heterocycles. The van der Waals surface area contributed by atoms with Crippen LogP contribution in [0, 0.1) is 11.6 Å². The zero-order valence-corrected chi connectivity index (χ0v) is 44.9. The predicted molar refractivity (Wildman–Crippen MR) is 278 cm³/mol. The quantitative estimate of drug-likeness (QED) is 0.0632. The van der Waals surface area contributed by atoms with Crippen molar-refractivity contribution in [2.24, 2.45) is 0 Å². The molecule has 422 valence electrons. The van der Waals surface area contributed by atoms with E-state index in [-0.39, 0.29) is 101 Å². The van der Waals surface area contributed by atoms with Crippen LogP contribution < -0.4 is 29.5 Å². The first-order chi connectivity index (χ1) is 38.1. The number of hydrogen-bond acceptors (Lipinski definition) is 14. The zero-order valence-electron chi connectivity index (χ0n) is 43.4. The summed E-state index contributed by atoms with van der Waals surface area (Å²) < 4.78 is 71.4. The number of carboxylic acid groups (broad SMARTS) is 1. The zero-order chi connectivity index (χ0) is 55.2. The fraction of sp³-hybridized carbons (Fsp3) is 0.294. The number of pyridine rings is 4. The molecule has 10 heterocycles. The van der Waals surface area contributed by atoms with Gasteiger partial charge in [-0.25, -0.2) is 56.5 Å². The number of methoxy groups -OCH3 is 1. The van der Waals surface area contributed by atoms with Gasteiger partial charge in [-0.2, -0.15) is 0 Å². The number of halogens is 6. The number of imidazole rings is 4. The fourth-order valence-electron chi connectivity index (χ4n) is 9.13. The first-order valence-electron chi connectivity index (χ1n) is 24.6. The molecule has 0 bridgehead atoms. The third kappa shape index (κ3) is 12.8. The number of esters is 1. The van der Waals surface area contributed by atoms with Crippen LogP contribution in [0.1, 0.15) is 104 Å². The SMILES string of the molecule is COC(=O)C(F)Cc1cc(C2CC2)cn2cc(Cn3cc(C(=O)NCc4ncn5ccc(Cl)c(F)c45)nn3)nc12.O.O=C(NCc1ncn2ccc(Cl)c(F)c12)c1cn(Cc2cn3cc(C4CC4)cc(CC(F)C(=O)O)c3n2)nn1.[Li+].[OH-]. The smallest absolute Gasteiger partial charge is 0.870 e. The number of amides is 2. The third-order valence-corrected chi connectivity index (χ3v) is 14.0. The largest absolute Gasteiger partial charge is 1.00 e. The van der Waals surface area contributed by atoms with E-state index in [9.17, 15) is 36.7 Å². The van der Waals surface area contributed by atoms with Gasteiger partial charge < -0.3 is 49.0 Å². The van der Waals surface area contributed by atoms with E-state index in [0.29, 0.717) is 57.0 Å². The monoisotopic (exact) mass is 1160 g/mol. The molecule has 2 unspecified atom stereocenters. The van der Waals surface area contributed by atoms with Crippen LogP contribution in [-0.2, 0) is 53.3 Å². The third-order valence-electron chi connectivity index (χ3n) is 13.4. The van der Waals surface area contributed by atoms with Crippen molar-refractivity contribution >= 4 is 69.3 Å². The summed E-state index contributed by atoms with van der Waals surface area (Å²) in [5, 5.41) is 30.1. The van der Waals surface area contributed by atoms with E-state index in [2.05, 4.69) is 55.9 Å². The number of aliphatic carboxylic acids is 1. The Morgan fingerprint density at radius 2 is 1.11 bits per heavy atom. The second-order valence-electron chi connectivity index (χ2n) is 19.1. The van der Waals surface area contributed by atoms with Gasteiger partial charge in [-0.15, -0.1) is 10.2 Å². The van der Waals surface area contributed by atoms with Gasteiger partial charge in [-0.3, -0.25) is 9.59 Å². The molecule has 2 aliphatic rings. The average Bonchev–Trinajstić information content (AvgIpc) is 4.25. The van der Waals surface area contributed by atoms with Crippen LogP contribution in [-0.4, -0.2) is 127 Å². The molecule has 24 nitrogen and oxygen atoms in total. The van der Waals surface area contributed by atoms with Gasteiger partial charge in [-0.05, 0) is 71.9 Å². The summed E-state index contributed by atoms with van der Waals surface area (Å²) in [4.78, 5) is 65.6. The second-order valence-corrected chi connectivity index (χ2v) is 19.9. The minimum Gasteiger partial charge on any atom is -0.870 e. The van der Waals surface area contributed by atoms with Crippen LogP contribution in [0.25, 0.3) is 22.3 Å². The van der Waals surface area contributed by atoms with Crippen molar-refractivity contribution in [3.8, 4) is 0 Å². The molecule has 0 radical (unpaired) electrons. The molecule has 2 aliphatic carbocycles. The van der Waals surface area contributed by atoms with E-state index >= 15 is 0 Å². The fourth-order valence-corrected chi connectivity index (χ4v) is 9.43. The van der Waals surface area contributed by atoms with Crippen molar-refractivity contribution in [3.05, 3.63) is 165 Å². The Morgan fingerprint density at radius 1 is 0.683 bits per heavy atom. The summed E-state index contributed by atoms with van der Waals surface area (Å²) in [5.41, 5.74) is 6.46. The summed E-state index contributed by atoms with van der Waals surface area (Å²) >= 11 is 11.7. The Balaban J connectivity index is 0.000000207. The summed E-state index contributed by atoms with van der Waals surface area (Å²) in [6.07, 6.45) is 16.3. The molecule has 0 aliphatic heterocycles. The van der Waals surface area contributed by atoms with E-state index in [0.717, 1.165) is 43.9 Å². The van der Waals surface area contributed by atoms with Crippen molar-refractivity contribution in [1.29, 1.82) is 0 Å². The average molecular weight is 1170 g/mol. The Hall–Kier alpha value is -8.26. The Kier molecular flexibility index (Phi) is 18.1. The maximum atomic E-state index is 14.5. The molecule has 6 N–H and O–H groups in total. The molecular formula is C51H47Cl2F4LiN16O8. The van der Waals surface area contributed by atoms with Gasteiger partial charge in [0.25, 0.3) is 11.8 Å². The van der Waals surface area contributed by atoms with Gasteiger partial charge >= 0.3 is 30.8 Å². The maximum absolute atomic E-state index is 14.5. The first kappa shape index (κ1) is 59.8. The van der Waals surface area contributed by atoms with E-state index in [1.165, 1.54) is 55.3 Å². The van der Waals surface area contributed by atoms with E-state index in [1.807, 2.05) is 28.9 Å². The van der Waals surface area contributed by atoms with Crippen molar-refractivity contribution < 1.29 is 76.4 Å². The van der Waals surface area contributed by atoms with E-state index in [1.54, 1.807) is 29.2 Å². The molecule has 12 rings (SSSR count). The summed E-state index contributed by atoms with van der Waals surface area (Å²) in [6.45, 7) is 0.280. The number of carbonyl (C=O) groups is 4. The molecule has 2 fully saturated rings. The number of aromatic nitrogens is 14. The van der Waals surface area contributed by atoms with Crippen LogP contribution in [0.15, 0.2) is 86.5 Å². The van der Waals surface area contributed by atoms with Crippen LogP contribution >= 0.6 is 23.2 Å². The second kappa shape index (κ2) is 24.8. The predicted octanol–water partition coefficient (Wildman–Crippen LogP) is 2.46. The standard InChI is InChI=1S/C26H23ClF2N8O3.C25H21ClF2N8O3.Li.2H2O/c1-40-26(39)19(28)7-15-6-16(14-2-3-14)9-36-10-17(32-24(15)36)11-37-12-21(33-34-37)25(38)30-8-20-23-22(29)18(27)4-5-35(23)13-31-20;26-17-3-4-34-12-30-19(22(34)21(17)28)7-29-24(37)20-11-36(33-32-20)10-16-9-35-8-15(13-1-2-13)5-14(23(35)31-16)6-18(27)25(38)39;;;/h4-6,9-10,12-14,19H,2-3,7-8,11H2,1H3,(H,30,38);3-5,8-9,11-13,18H,1-2,6-7,10H2,(H,29,37)(H,38,39);;2*1H2/q;;+1;;/p-1. The van der Waals surface area contributed by atoms with Crippen LogP contribution in [0.4, 0.5) is 17.6 Å². The number of rotatable bonds is 18. The molecule has 10 aromatic heterocycles. The van der Waals surface area contributed by atoms with E-state index in [4.69, 9.17) is 28.3 Å². The summed E-state index contributed by atoms with van der Waals surface area (Å²) in [7, 11) is 1.15. The Bertz CT molecular complexity index is 4030. The van der Waals surface area contributed by atoms with Gasteiger partial charge in [-0.1, -0.05) is 45.8 Å². The number of hydrogen-bond donors (Lipinski definition) is 3. The molecule has 2 atom stereocenters. The molecule has 0 aromatic carbocycles. The minimum absolute atomic E-state index is 0. The maximum Gasteiger partial charge on any atom is 1.00 e. The summed E-state index contributed by atoms with van der Waals surface area (Å²) in [5.74, 6) is -3.94. The molecule has 82 heavy (non-hydrogen) atoms. The van der Waals surface area contributed by atoms with E-state index < -0.39 is 47.7 Å². The number of nitrogens with zero attached hydrogens (tertiary/aromatic N) is 14. The van der Waals surface area contributed by atoms with Gasteiger partial charge in [0.05, 0.1) is 91.2 Å². The van der Waals surface area contributed by atoms with Crippen molar-refractivity contribution in [2.45, 2.75) is 88.9 Å². The molecular weight excluding hydrogens is 1120 g/mol. The molecule has 2 saturated carbocycles. The number of fused-ring (bicyclic) bond motifs is 4. The molecule has 10 aromatic rings. The van der Waals surface area contributed by atoms with Crippen LogP contribution in [0.3, 0.4) is 0 Å². The minimum atomic E-state index is -2.03. The van der Waals surface area contributed by atoms with Gasteiger partial charge in [0, 0.05) is 50.0 Å². The van der Waals surface area contributed by atoms with Gasteiger partial charge in [0.2, 0.25) is 12.3 Å². The number of carboxylic acids is 1. The molecule has 2 amide bonds. The van der Waals surface area contributed by atoms with Gasteiger partial charge in [0.15, 0.2) is 23.0 Å². The molecule has 31 heteroatoms. The first-order valence-corrected chi connectivity index (χ1v) is 25.4. The van der Waals surface area contributed by atoms with Gasteiger partial charge in [0.1, 0.15) is 22.3 Å². The molecule has 0 spiro atoms. The van der Waals surface area contributed by atoms with Crippen LogP contribution in [0.2, 0.25) is 10.0 Å². The number of alkyl halides is 2. The number of ether oxygens (including phenoxy) is 1. The van der Waals surface area contributed by atoms with Crippen molar-refractivity contribution in [2.75, 3.05) is 7.11 Å². The topological polar surface area (TPSA) is 314 Å². The Morgan fingerprint density at radius 3 is 1.51 bits per heavy atom.